The molecule has 2 aromatic rings. The molecule has 0 aliphatic carbocycles. The second-order valence-electron chi connectivity index (χ2n) is 3.86. The molecule has 18 heavy (non-hydrogen) atoms. The molecule has 0 bridgehead atoms. The van der Waals surface area contributed by atoms with Crippen LogP contribution in [-0.2, 0) is 0 Å². The topological polar surface area (TPSA) is 51.0 Å². The first-order valence-electron chi connectivity index (χ1n) is 6.00. The van der Waals surface area contributed by atoms with Crippen molar-refractivity contribution in [3.05, 3.63) is 42.5 Å². The Morgan fingerprint density at radius 3 is 2.39 bits per heavy atom. The largest absolute Gasteiger partial charge is 0.339 e. The second-order valence-corrected chi connectivity index (χ2v) is 3.86. The molecule has 0 saturated heterocycles. The molecule has 0 radical (unpaired) electrons. The van der Waals surface area contributed by atoms with Crippen LogP contribution < -0.4 is 0 Å². The van der Waals surface area contributed by atoms with E-state index in [1.54, 1.807) is 15.9 Å². The Morgan fingerprint density at radius 2 is 1.89 bits per heavy atom. The highest BCUT2D eigenvalue weighted by atomic mass is 16.2. The Morgan fingerprint density at radius 1 is 1.22 bits per heavy atom. The van der Waals surface area contributed by atoms with E-state index in [1.165, 1.54) is 6.33 Å². The molecule has 0 aliphatic rings. The number of carbonyl (C=O) groups excluding carboxylic acids is 1. The zero-order chi connectivity index (χ0) is 13.0. The fourth-order valence-electron chi connectivity index (χ4n) is 1.79. The first-order chi connectivity index (χ1) is 8.76. The molecule has 0 unspecified atom stereocenters. The molecule has 1 aromatic heterocycles. The average molecular weight is 244 g/mol. The van der Waals surface area contributed by atoms with E-state index in [9.17, 15) is 4.79 Å². The summed E-state index contributed by atoms with van der Waals surface area (Å²) in [6, 6.07) is 7.37. The third-order valence-corrected chi connectivity index (χ3v) is 2.85. The minimum atomic E-state index is 0.0603. The van der Waals surface area contributed by atoms with E-state index in [2.05, 4.69) is 10.1 Å². The van der Waals surface area contributed by atoms with Crippen molar-refractivity contribution in [1.29, 1.82) is 0 Å². The standard InChI is InChI=1S/C13H16N4O/c1-3-16(4-2)13(18)11-5-7-12(8-6-11)17-10-14-9-15-17/h5-10H,3-4H2,1-2H3. The van der Waals surface area contributed by atoms with Crippen LogP contribution >= 0.6 is 0 Å². The van der Waals surface area contributed by atoms with E-state index in [4.69, 9.17) is 0 Å². The molecule has 0 aliphatic heterocycles. The Labute approximate surface area is 106 Å². The highest BCUT2D eigenvalue weighted by Gasteiger charge is 2.11. The number of rotatable bonds is 4. The van der Waals surface area contributed by atoms with Gasteiger partial charge in [0.25, 0.3) is 5.91 Å². The molecule has 94 valence electrons. The highest BCUT2D eigenvalue weighted by molar-refractivity contribution is 5.94. The maximum atomic E-state index is 12.1. The molecule has 2 rings (SSSR count). The van der Waals surface area contributed by atoms with Gasteiger partial charge in [0.1, 0.15) is 12.7 Å². The highest BCUT2D eigenvalue weighted by Crippen LogP contribution is 2.10. The summed E-state index contributed by atoms with van der Waals surface area (Å²) in [5.41, 5.74) is 1.59. The molecule has 5 heteroatoms. The summed E-state index contributed by atoms with van der Waals surface area (Å²) in [6.07, 6.45) is 3.11. The van der Waals surface area contributed by atoms with E-state index in [-0.39, 0.29) is 5.91 Å². The molecule has 1 aromatic carbocycles. The van der Waals surface area contributed by atoms with Crippen LogP contribution in [0.5, 0.6) is 0 Å². The van der Waals surface area contributed by atoms with Crippen LogP contribution in [0.1, 0.15) is 24.2 Å². The molecule has 1 heterocycles. The lowest BCUT2D eigenvalue weighted by Crippen LogP contribution is -2.30. The number of aromatic nitrogens is 3. The monoisotopic (exact) mass is 244 g/mol. The van der Waals surface area contributed by atoms with E-state index < -0.39 is 0 Å². The Bertz CT molecular complexity index is 500. The maximum absolute atomic E-state index is 12.1. The van der Waals surface area contributed by atoms with Gasteiger partial charge in [-0.15, -0.1) is 0 Å². The van der Waals surface area contributed by atoms with Gasteiger partial charge in [-0.25, -0.2) is 9.67 Å². The van der Waals surface area contributed by atoms with Crippen LogP contribution in [0.15, 0.2) is 36.9 Å². The predicted molar refractivity (Wildman–Crippen MR) is 68.6 cm³/mol. The summed E-state index contributed by atoms with van der Waals surface area (Å²) < 4.78 is 1.66. The zero-order valence-corrected chi connectivity index (χ0v) is 10.6. The van der Waals surface area contributed by atoms with Crippen LogP contribution in [0.25, 0.3) is 5.69 Å². The number of benzene rings is 1. The van der Waals surface area contributed by atoms with Gasteiger partial charge in [-0.3, -0.25) is 4.79 Å². The van der Waals surface area contributed by atoms with Crippen molar-refractivity contribution in [1.82, 2.24) is 19.7 Å². The van der Waals surface area contributed by atoms with Crippen molar-refractivity contribution in [2.24, 2.45) is 0 Å². The van der Waals surface area contributed by atoms with Gasteiger partial charge in [0.05, 0.1) is 5.69 Å². The minimum Gasteiger partial charge on any atom is -0.339 e. The molecular weight excluding hydrogens is 228 g/mol. The number of carbonyl (C=O) groups is 1. The van der Waals surface area contributed by atoms with Crippen molar-refractivity contribution in [2.75, 3.05) is 13.1 Å². The third-order valence-electron chi connectivity index (χ3n) is 2.85. The lowest BCUT2D eigenvalue weighted by Gasteiger charge is -2.18. The van der Waals surface area contributed by atoms with Crippen molar-refractivity contribution < 1.29 is 4.79 Å². The molecular formula is C13H16N4O. The van der Waals surface area contributed by atoms with Gasteiger partial charge < -0.3 is 4.90 Å². The molecule has 0 N–H and O–H groups in total. The third kappa shape index (κ3) is 2.40. The van der Waals surface area contributed by atoms with E-state index in [0.29, 0.717) is 5.56 Å². The van der Waals surface area contributed by atoms with Gasteiger partial charge in [0.2, 0.25) is 0 Å². The normalized spacial score (nSPS) is 10.3. The summed E-state index contributed by atoms with van der Waals surface area (Å²) in [5, 5.41) is 4.04. The molecule has 5 nitrogen and oxygen atoms in total. The van der Waals surface area contributed by atoms with Gasteiger partial charge in [-0.1, -0.05) is 0 Å². The smallest absolute Gasteiger partial charge is 0.253 e. The van der Waals surface area contributed by atoms with Crippen LogP contribution in [0.2, 0.25) is 0 Å². The summed E-state index contributed by atoms with van der Waals surface area (Å²) in [5.74, 6) is 0.0603. The molecule has 1 amide bonds. The van der Waals surface area contributed by atoms with Crippen molar-refractivity contribution >= 4 is 5.91 Å². The lowest BCUT2D eigenvalue weighted by molar-refractivity contribution is 0.0773. The van der Waals surface area contributed by atoms with Gasteiger partial charge >= 0.3 is 0 Å². The minimum absolute atomic E-state index is 0.0603. The van der Waals surface area contributed by atoms with Crippen molar-refractivity contribution in [3.8, 4) is 5.69 Å². The first kappa shape index (κ1) is 12.3. The Hall–Kier alpha value is -2.17. The second kappa shape index (κ2) is 5.44. The Balaban J connectivity index is 2.20. The first-order valence-corrected chi connectivity index (χ1v) is 6.00. The number of amides is 1. The summed E-state index contributed by atoms with van der Waals surface area (Å²) >= 11 is 0. The van der Waals surface area contributed by atoms with Gasteiger partial charge in [0, 0.05) is 18.7 Å². The zero-order valence-electron chi connectivity index (χ0n) is 10.6. The lowest BCUT2D eigenvalue weighted by atomic mass is 10.2. The van der Waals surface area contributed by atoms with Crippen LogP contribution in [0.4, 0.5) is 0 Å². The maximum Gasteiger partial charge on any atom is 0.253 e. The van der Waals surface area contributed by atoms with Gasteiger partial charge in [-0.05, 0) is 38.1 Å². The quantitative estimate of drug-likeness (QED) is 0.823. The SMILES string of the molecule is CCN(CC)C(=O)c1ccc(-n2cncn2)cc1. The molecule has 0 spiro atoms. The van der Waals surface area contributed by atoms with Crippen molar-refractivity contribution in [2.45, 2.75) is 13.8 Å². The van der Waals surface area contributed by atoms with E-state index in [1.807, 2.05) is 38.1 Å². The van der Waals surface area contributed by atoms with E-state index in [0.717, 1.165) is 18.8 Å². The summed E-state index contributed by atoms with van der Waals surface area (Å²) in [4.78, 5) is 17.8. The van der Waals surface area contributed by atoms with Crippen LogP contribution in [0, 0.1) is 0 Å². The van der Waals surface area contributed by atoms with Gasteiger partial charge in [0.15, 0.2) is 0 Å². The van der Waals surface area contributed by atoms with Crippen LogP contribution in [0.3, 0.4) is 0 Å². The molecule has 0 fully saturated rings. The average Bonchev–Trinajstić information content (AvgIpc) is 2.94. The fraction of sp³-hybridized carbons (Fsp3) is 0.308. The number of hydrogen-bond donors (Lipinski definition) is 0. The number of hydrogen-bond acceptors (Lipinski definition) is 3. The predicted octanol–water partition coefficient (Wildman–Crippen LogP) is 1.75. The van der Waals surface area contributed by atoms with Gasteiger partial charge in [-0.2, -0.15) is 5.10 Å². The van der Waals surface area contributed by atoms with Crippen molar-refractivity contribution in [3.63, 3.8) is 0 Å². The number of nitrogens with zero attached hydrogens (tertiary/aromatic N) is 4. The van der Waals surface area contributed by atoms with Crippen LogP contribution in [-0.4, -0.2) is 38.7 Å². The molecule has 0 atom stereocenters. The summed E-state index contributed by atoms with van der Waals surface area (Å²) in [6.45, 7) is 5.40. The molecule has 0 saturated carbocycles. The fourth-order valence-corrected chi connectivity index (χ4v) is 1.79. The van der Waals surface area contributed by atoms with E-state index >= 15 is 0 Å². The Kier molecular flexibility index (Phi) is 3.72. The summed E-state index contributed by atoms with van der Waals surface area (Å²) in [7, 11) is 0.